The van der Waals surface area contributed by atoms with E-state index < -0.39 is 0 Å². The van der Waals surface area contributed by atoms with Crippen LogP contribution >= 0.6 is 0 Å². The molecule has 0 amide bonds. The lowest BCUT2D eigenvalue weighted by atomic mass is 10.1. The van der Waals surface area contributed by atoms with Crippen LogP contribution in [0.25, 0.3) is 22.7 Å². The Morgan fingerprint density at radius 1 is 1.22 bits per heavy atom. The molecule has 0 spiro atoms. The number of allylic oxidation sites excluding steroid dienone is 1. The average Bonchev–Trinajstić information content (AvgIpc) is 3.03. The van der Waals surface area contributed by atoms with Crippen LogP contribution in [0.15, 0.2) is 48.5 Å². The summed E-state index contributed by atoms with van der Waals surface area (Å²) >= 11 is 0. The molecule has 1 heterocycles. The third-order valence-electron chi connectivity index (χ3n) is 3.88. The molecule has 114 valence electrons. The molecule has 0 aliphatic carbocycles. The Labute approximate surface area is 135 Å². The first kappa shape index (κ1) is 14.9. The lowest BCUT2D eigenvalue weighted by Gasteiger charge is -2.16. The Bertz CT molecular complexity index is 849. The summed E-state index contributed by atoms with van der Waals surface area (Å²) in [6, 6.07) is 18.1. The fourth-order valence-corrected chi connectivity index (χ4v) is 2.41. The van der Waals surface area contributed by atoms with E-state index in [9.17, 15) is 5.26 Å². The van der Waals surface area contributed by atoms with Gasteiger partial charge in [0, 0.05) is 19.3 Å². The van der Waals surface area contributed by atoms with Crippen LogP contribution in [0.5, 0.6) is 0 Å². The van der Waals surface area contributed by atoms with Gasteiger partial charge < -0.3 is 9.88 Å². The van der Waals surface area contributed by atoms with Crippen LogP contribution < -0.4 is 4.90 Å². The molecule has 0 saturated heterocycles. The second-order valence-electron chi connectivity index (χ2n) is 5.38. The highest BCUT2D eigenvalue weighted by molar-refractivity contribution is 5.90. The highest BCUT2D eigenvalue weighted by Crippen LogP contribution is 2.20. The summed E-state index contributed by atoms with van der Waals surface area (Å²) in [7, 11) is 2.06. The zero-order chi connectivity index (χ0) is 16.2. The van der Waals surface area contributed by atoms with E-state index >= 15 is 0 Å². The minimum atomic E-state index is 0.526. The van der Waals surface area contributed by atoms with Gasteiger partial charge in [0.2, 0.25) is 0 Å². The number of aromatic amines is 1. The Morgan fingerprint density at radius 2 is 1.96 bits per heavy atom. The van der Waals surface area contributed by atoms with Gasteiger partial charge in [-0.1, -0.05) is 24.3 Å². The number of H-pyrrole nitrogens is 1. The quantitative estimate of drug-likeness (QED) is 0.739. The number of anilines is 1. The fraction of sp³-hybridized carbons (Fsp3) is 0.158. The van der Waals surface area contributed by atoms with Crippen LogP contribution in [-0.4, -0.2) is 23.6 Å². The first-order valence-electron chi connectivity index (χ1n) is 7.59. The molecule has 3 aromatic rings. The van der Waals surface area contributed by atoms with Crippen molar-refractivity contribution in [3.05, 3.63) is 59.9 Å². The van der Waals surface area contributed by atoms with Crippen LogP contribution in [0.1, 0.15) is 18.3 Å². The molecule has 0 radical (unpaired) electrons. The first-order chi connectivity index (χ1) is 11.2. The summed E-state index contributed by atoms with van der Waals surface area (Å²) < 4.78 is 0. The summed E-state index contributed by atoms with van der Waals surface area (Å²) in [6.45, 7) is 3.07. The topological polar surface area (TPSA) is 55.7 Å². The summed E-state index contributed by atoms with van der Waals surface area (Å²) in [4.78, 5) is 9.84. The number of nitrogens with one attached hydrogen (secondary N) is 1. The van der Waals surface area contributed by atoms with Gasteiger partial charge in [0.15, 0.2) is 0 Å². The number of imidazole rings is 1. The molecule has 0 saturated carbocycles. The maximum absolute atomic E-state index is 9.46. The van der Waals surface area contributed by atoms with Crippen molar-refractivity contribution in [1.29, 1.82) is 5.26 Å². The van der Waals surface area contributed by atoms with Gasteiger partial charge in [-0.2, -0.15) is 5.26 Å². The van der Waals surface area contributed by atoms with Crippen molar-refractivity contribution in [2.24, 2.45) is 0 Å². The van der Waals surface area contributed by atoms with E-state index in [1.165, 1.54) is 0 Å². The van der Waals surface area contributed by atoms with Crippen LogP contribution in [0.3, 0.4) is 0 Å². The summed E-state index contributed by atoms with van der Waals surface area (Å²) in [5, 5.41) is 9.46. The molecular formula is C19H18N4. The molecule has 4 heteroatoms. The van der Waals surface area contributed by atoms with E-state index in [0.717, 1.165) is 28.8 Å². The van der Waals surface area contributed by atoms with Gasteiger partial charge in [-0.25, -0.2) is 4.98 Å². The third-order valence-corrected chi connectivity index (χ3v) is 3.88. The minimum Gasteiger partial charge on any atom is -0.375 e. The number of fused-ring (bicyclic) bond motifs is 1. The second-order valence-corrected chi connectivity index (χ2v) is 5.38. The SMILES string of the molecule is CCN(C)c1ccc(/C=C(\C#N)c2nc3ccccc3[nH]2)cc1. The smallest absolute Gasteiger partial charge is 0.149 e. The minimum absolute atomic E-state index is 0.526. The largest absolute Gasteiger partial charge is 0.375 e. The van der Waals surface area contributed by atoms with Crippen molar-refractivity contribution < 1.29 is 0 Å². The van der Waals surface area contributed by atoms with Gasteiger partial charge in [-0.15, -0.1) is 0 Å². The molecule has 23 heavy (non-hydrogen) atoms. The lowest BCUT2D eigenvalue weighted by molar-refractivity contribution is 0.968. The summed E-state index contributed by atoms with van der Waals surface area (Å²) in [5.74, 6) is 0.600. The number of aromatic nitrogens is 2. The van der Waals surface area contributed by atoms with Crippen molar-refractivity contribution in [2.75, 3.05) is 18.5 Å². The van der Waals surface area contributed by atoms with Crippen LogP contribution in [0.4, 0.5) is 5.69 Å². The number of para-hydroxylation sites is 2. The third kappa shape index (κ3) is 3.09. The molecular weight excluding hydrogens is 284 g/mol. The highest BCUT2D eigenvalue weighted by atomic mass is 15.1. The second kappa shape index (κ2) is 6.37. The number of rotatable bonds is 4. The van der Waals surface area contributed by atoms with E-state index in [0.29, 0.717) is 11.4 Å². The van der Waals surface area contributed by atoms with E-state index in [1.54, 1.807) is 0 Å². The Hall–Kier alpha value is -3.06. The predicted molar refractivity (Wildman–Crippen MR) is 95.0 cm³/mol. The molecule has 4 nitrogen and oxygen atoms in total. The van der Waals surface area contributed by atoms with Crippen molar-refractivity contribution in [3.8, 4) is 6.07 Å². The zero-order valence-corrected chi connectivity index (χ0v) is 13.2. The fourth-order valence-electron chi connectivity index (χ4n) is 2.41. The first-order valence-corrected chi connectivity index (χ1v) is 7.59. The van der Waals surface area contributed by atoms with Gasteiger partial charge in [0.05, 0.1) is 16.6 Å². The van der Waals surface area contributed by atoms with Crippen molar-refractivity contribution in [2.45, 2.75) is 6.92 Å². The Balaban J connectivity index is 1.94. The zero-order valence-electron chi connectivity index (χ0n) is 13.2. The number of benzene rings is 2. The normalized spacial score (nSPS) is 11.4. The molecule has 1 N–H and O–H groups in total. The van der Waals surface area contributed by atoms with Crippen LogP contribution in [-0.2, 0) is 0 Å². The lowest BCUT2D eigenvalue weighted by Crippen LogP contribution is -2.15. The van der Waals surface area contributed by atoms with E-state index in [4.69, 9.17) is 0 Å². The Morgan fingerprint density at radius 3 is 2.61 bits per heavy atom. The molecule has 0 bridgehead atoms. The average molecular weight is 302 g/mol. The predicted octanol–water partition coefficient (Wildman–Crippen LogP) is 4.08. The maximum atomic E-state index is 9.46. The van der Waals surface area contributed by atoms with E-state index in [2.05, 4.69) is 47.0 Å². The Kier molecular flexibility index (Phi) is 4.11. The molecule has 0 unspecified atom stereocenters. The number of nitriles is 1. The molecule has 0 fully saturated rings. The molecule has 1 aromatic heterocycles. The van der Waals surface area contributed by atoms with E-state index in [1.807, 2.05) is 42.5 Å². The molecule has 0 aliphatic rings. The van der Waals surface area contributed by atoms with Crippen LogP contribution in [0, 0.1) is 11.3 Å². The van der Waals surface area contributed by atoms with Gasteiger partial charge in [-0.3, -0.25) is 0 Å². The number of nitrogens with zero attached hydrogens (tertiary/aromatic N) is 3. The molecule has 0 atom stereocenters. The monoisotopic (exact) mass is 302 g/mol. The number of hydrogen-bond acceptors (Lipinski definition) is 3. The van der Waals surface area contributed by atoms with Crippen LogP contribution in [0.2, 0.25) is 0 Å². The molecule has 0 aliphatic heterocycles. The number of hydrogen-bond donors (Lipinski definition) is 1. The van der Waals surface area contributed by atoms with Gasteiger partial charge >= 0.3 is 0 Å². The highest BCUT2D eigenvalue weighted by Gasteiger charge is 2.07. The van der Waals surface area contributed by atoms with Gasteiger partial charge in [0.1, 0.15) is 11.9 Å². The molecule has 3 rings (SSSR count). The van der Waals surface area contributed by atoms with Crippen molar-refractivity contribution in [3.63, 3.8) is 0 Å². The standard InChI is InChI=1S/C19H18N4/c1-3-23(2)16-10-8-14(9-11-16)12-15(13-20)19-21-17-6-4-5-7-18(17)22-19/h4-12H,3H2,1-2H3,(H,21,22)/b15-12+. The summed E-state index contributed by atoms with van der Waals surface area (Å²) in [5.41, 5.74) is 4.46. The van der Waals surface area contributed by atoms with Gasteiger partial charge in [-0.05, 0) is 42.8 Å². The van der Waals surface area contributed by atoms with Crippen molar-refractivity contribution in [1.82, 2.24) is 9.97 Å². The maximum Gasteiger partial charge on any atom is 0.149 e. The van der Waals surface area contributed by atoms with Gasteiger partial charge in [0.25, 0.3) is 0 Å². The summed E-state index contributed by atoms with van der Waals surface area (Å²) in [6.07, 6.45) is 1.85. The molecule has 2 aromatic carbocycles. The van der Waals surface area contributed by atoms with Crippen molar-refractivity contribution >= 4 is 28.4 Å². The van der Waals surface area contributed by atoms with E-state index in [-0.39, 0.29) is 0 Å².